The summed E-state index contributed by atoms with van der Waals surface area (Å²) in [7, 11) is 0. The first-order valence-electron chi connectivity index (χ1n) is 6.71. The normalized spacial score (nSPS) is 17.1. The largest absolute Gasteiger partial charge is 0.369 e. The van der Waals surface area contributed by atoms with Gasteiger partial charge in [0.15, 0.2) is 5.13 Å². The Bertz CT molecular complexity index is 487. The second-order valence-corrected chi connectivity index (χ2v) is 6.36. The van der Waals surface area contributed by atoms with Crippen LogP contribution in [0.3, 0.4) is 0 Å². The molecule has 1 fully saturated rings. The molecule has 2 heterocycles. The highest BCUT2D eigenvalue weighted by atomic mass is 32.1. The summed E-state index contributed by atoms with van der Waals surface area (Å²) in [6.45, 7) is 5.71. The van der Waals surface area contributed by atoms with Crippen LogP contribution in [0.5, 0.6) is 0 Å². The number of aromatic nitrogens is 1. The first-order chi connectivity index (χ1) is 9.45. The highest BCUT2D eigenvalue weighted by Crippen LogP contribution is 2.21. The predicted molar refractivity (Wildman–Crippen MR) is 78.6 cm³/mol. The van der Waals surface area contributed by atoms with Crippen LogP contribution in [0.4, 0.5) is 5.13 Å². The van der Waals surface area contributed by atoms with Gasteiger partial charge in [0.05, 0.1) is 12.2 Å². The Labute approximate surface area is 122 Å². The minimum atomic E-state index is -0.233. The van der Waals surface area contributed by atoms with E-state index in [0.29, 0.717) is 11.7 Å². The number of hydrogen-bond acceptors (Lipinski definition) is 5. The highest BCUT2D eigenvalue weighted by Gasteiger charge is 2.24. The van der Waals surface area contributed by atoms with Crippen molar-refractivity contribution < 1.29 is 9.59 Å². The molecule has 0 saturated carbocycles. The third kappa shape index (κ3) is 3.77. The smallest absolute Gasteiger partial charge is 0.240 e. The van der Waals surface area contributed by atoms with Gasteiger partial charge in [0.25, 0.3) is 0 Å². The molecule has 1 aliphatic heterocycles. The molecule has 1 aromatic heterocycles. The number of hydrogen-bond donors (Lipinski definition) is 2. The molecular weight excluding hydrogens is 276 g/mol. The summed E-state index contributed by atoms with van der Waals surface area (Å²) in [5, 5.41) is 3.47. The minimum absolute atomic E-state index is 0.0430. The van der Waals surface area contributed by atoms with E-state index < -0.39 is 0 Å². The van der Waals surface area contributed by atoms with Crippen LogP contribution in [0, 0.1) is 19.8 Å². The SMILES string of the molecule is Cc1nc(NC(=O)CN2CCC(C(N)=O)CC2)sc1C. The van der Waals surface area contributed by atoms with Gasteiger partial charge in [-0.15, -0.1) is 11.3 Å². The van der Waals surface area contributed by atoms with Gasteiger partial charge in [-0.05, 0) is 39.8 Å². The molecule has 0 bridgehead atoms. The average molecular weight is 296 g/mol. The lowest BCUT2D eigenvalue weighted by Gasteiger charge is -2.29. The number of nitrogens with zero attached hydrogens (tertiary/aromatic N) is 2. The van der Waals surface area contributed by atoms with Crippen LogP contribution in [0.1, 0.15) is 23.4 Å². The topological polar surface area (TPSA) is 88.3 Å². The Balaban J connectivity index is 1.79. The lowest BCUT2D eigenvalue weighted by molar-refractivity contribution is -0.123. The summed E-state index contributed by atoms with van der Waals surface area (Å²) in [4.78, 5) is 30.5. The highest BCUT2D eigenvalue weighted by molar-refractivity contribution is 7.15. The maximum atomic E-state index is 11.9. The zero-order chi connectivity index (χ0) is 14.7. The van der Waals surface area contributed by atoms with Crippen molar-refractivity contribution in [3.05, 3.63) is 10.6 Å². The van der Waals surface area contributed by atoms with Crippen molar-refractivity contribution in [3.8, 4) is 0 Å². The first kappa shape index (κ1) is 14.9. The molecule has 2 rings (SSSR count). The third-order valence-electron chi connectivity index (χ3n) is 3.63. The molecule has 6 nitrogen and oxygen atoms in total. The summed E-state index contributed by atoms with van der Waals surface area (Å²) in [6.07, 6.45) is 1.47. The van der Waals surface area contributed by atoms with Gasteiger partial charge in [0, 0.05) is 10.8 Å². The molecule has 0 spiro atoms. The average Bonchev–Trinajstić information content (AvgIpc) is 2.68. The monoisotopic (exact) mass is 296 g/mol. The fraction of sp³-hybridized carbons (Fsp3) is 0.615. The van der Waals surface area contributed by atoms with Crippen LogP contribution in [0.15, 0.2) is 0 Å². The van der Waals surface area contributed by atoms with Crippen LogP contribution in [0.25, 0.3) is 0 Å². The summed E-state index contributed by atoms with van der Waals surface area (Å²) >= 11 is 1.49. The number of thiazole rings is 1. The maximum absolute atomic E-state index is 11.9. The number of carbonyl (C=O) groups is 2. The zero-order valence-corrected chi connectivity index (χ0v) is 12.6. The van der Waals surface area contributed by atoms with E-state index in [1.807, 2.05) is 18.7 Å². The van der Waals surface area contributed by atoms with Crippen molar-refractivity contribution in [1.82, 2.24) is 9.88 Å². The van der Waals surface area contributed by atoms with Crippen molar-refractivity contribution in [3.63, 3.8) is 0 Å². The second-order valence-electron chi connectivity index (χ2n) is 5.16. The number of rotatable bonds is 4. The van der Waals surface area contributed by atoms with E-state index in [-0.39, 0.29) is 17.7 Å². The summed E-state index contributed by atoms with van der Waals surface area (Å²) < 4.78 is 0. The van der Waals surface area contributed by atoms with Crippen LogP contribution >= 0.6 is 11.3 Å². The molecule has 110 valence electrons. The zero-order valence-electron chi connectivity index (χ0n) is 11.8. The molecule has 0 atom stereocenters. The number of nitrogens with two attached hydrogens (primary N) is 1. The number of amides is 2. The van der Waals surface area contributed by atoms with Gasteiger partial charge in [0.2, 0.25) is 11.8 Å². The van der Waals surface area contributed by atoms with E-state index in [1.54, 1.807) is 0 Å². The molecule has 1 aliphatic rings. The second kappa shape index (κ2) is 6.32. The molecular formula is C13H20N4O2S. The van der Waals surface area contributed by atoms with Gasteiger partial charge in [-0.1, -0.05) is 0 Å². The Kier molecular flexibility index (Phi) is 4.72. The number of piperidine rings is 1. The van der Waals surface area contributed by atoms with Gasteiger partial charge < -0.3 is 11.1 Å². The van der Waals surface area contributed by atoms with E-state index in [9.17, 15) is 9.59 Å². The Morgan fingerprint density at radius 2 is 2.05 bits per heavy atom. The molecule has 20 heavy (non-hydrogen) atoms. The summed E-state index contributed by atoms with van der Waals surface area (Å²) in [5.74, 6) is -0.335. The Morgan fingerprint density at radius 1 is 1.40 bits per heavy atom. The molecule has 7 heteroatoms. The molecule has 0 radical (unpaired) electrons. The van der Waals surface area contributed by atoms with Crippen LogP contribution in [-0.4, -0.2) is 41.3 Å². The molecule has 0 aliphatic carbocycles. The van der Waals surface area contributed by atoms with E-state index in [1.165, 1.54) is 11.3 Å². The van der Waals surface area contributed by atoms with E-state index in [2.05, 4.69) is 10.3 Å². The van der Waals surface area contributed by atoms with E-state index in [0.717, 1.165) is 36.5 Å². The van der Waals surface area contributed by atoms with Crippen LogP contribution in [0.2, 0.25) is 0 Å². The Morgan fingerprint density at radius 3 is 2.55 bits per heavy atom. The quantitative estimate of drug-likeness (QED) is 0.864. The van der Waals surface area contributed by atoms with Crippen LogP contribution in [-0.2, 0) is 9.59 Å². The maximum Gasteiger partial charge on any atom is 0.240 e. The lowest BCUT2D eigenvalue weighted by atomic mass is 9.96. The van der Waals surface area contributed by atoms with Gasteiger partial charge >= 0.3 is 0 Å². The number of aryl methyl sites for hydroxylation is 2. The van der Waals surface area contributed by atoms with E-state index in [4.69, 9.17) is 5.73 Å². The predicted octanol–water partition coefficient (Wildman–Crippen LogP) is 0.896. The molecule has 2 amide bonds. The summed E-state index contributed by atoms with van der Waals surface area (Å²) in [5.41, 5.74) is 6.24. The number of primary amides is 1. The number of carbonyl (C=O) groups excluding carboxylic acids is 2. The first-order valence-corrected chi connectivity index (χ1v) is 7.53. The fourth-order valence-electron chi connectivity index (χ4n) is 2.26. The van der Waals surface area contributed by atoms with Gasteiger partial charge in [-0.2, -0.15) is 0 Å². The van der Waals surface area contributed by atoms with Crippen molar-refractivity contribution in [2.24, 2.45) is 11.7 Å². The molecule has 3 N–H and O–H groups in total. The third-order valence-corrected chi connectivity index (χ3v) is 4.62. The van der Waals surface area contributed by atoms with Crippen molar-refractivity contribution >= 4 is 28.3 Å². The number of nitrogens with one attached hydrogen (secondary N) is 1. The molecule has 1 aromatic rings. The molecule has 0 unspecified atom stereocenters. The molecule has 0 aromatic carbocycles. The standard InChI is InChI=1S/C13H20N4O2S/c1-8-9(2)20-13(15-8)16-11(18)7-17-5-3-10(4-6-17)12(14)19/h10H,3-7H2,1-2H3,(H2,14,19)(H,15,16,18). The summed E-state index contributed by atoms with van der Waals surface area (Å²) in [6, 6.07) is 0. The van der Waals surface area contributed by atoms with Gasteiger partial charge in [0.1, 0.15) is 0 Å². The lowest BCUT2D eigenvalue weighted by Crippen LogP contribution is -2.42. The van der Waals surface area contributed by atoms with Gasteiger partial charge in [-0.25, -0.2) is 4.98 Å². The van der Waals surface area contributed by atoms with Crippen LogP contribution < -0.4 is 11.1 Å². The molecule has 1 saturated heterocycles. The van der Waals surface area contributed by atoms with Gasteiger partial charge in [-0.3, -0.25) is 14.5 Å². The van der Waals surface area contributed by atoms with E-state index >= 15 is 0 Å². The number of likely N-dealkylation sites (tertiary alicyclic amines) is 1. The van der Waals surface area contributed by atoms with Crippen molar-refractivity contribution in [1.29, 1.82) is 0 Å². The Hall–Kier alpha value is -1.47. The fourth-order valence-corrected chi connectivity index (χ4v) is 3.09. The number of anilines is 1. The minimum Gasteiger partial charge on any atom is -0.369 e. The van der Waals surface area contributed by atoms with Crippen molar-refractivity contribution in [2.75, 3.05) is 25.0 Å². The van der Waals surface area contributed by atoms with Crippen molar-refractivity contribution in [2.45, 2.75) is 26.7 Å².